The number of carboxylic acids is 2. The van der Waals surface area contributed by atoms with E-state index < -0.39 is 29.9 Å². The van der Waals surface area contributed by atoms with Gasteiger partial charge in [-0.15, -0.1) is 0 Å². The summed E-state index contributed by atoms with van der Waals surface area (Å²) in [5.41, 5.74) is 0. The standard InChI is InChI=1S/C8H11NO6/c10-6(11)4-1-5(7(12)13)3-9(2-4)8(14)15/h4-5H,1-3H2,(H,10,11)(H,12,13)(H,14,15)/t4-,5-/m0/s1. The first-order valence-corrected chi connectivity index (χ1v) is 4.35. The molecule has 0 bridgehead atoms. The Kier molecular flexibility index (Phi) is 3.13. The summed E-state index contributed by atoms with van der Waals surface area (Å²) in [6, 6.07) is 0. The molecule has 0 unspecified atom stereocenters. The Morgan fingerprint density at radius 2 is 1.33 bits per heavy atom. The summed E-state index contributed by atoms with van der Waals surface area (Å²) >= 11 is 0. The van der Waals surface area contributed by atoms with Crippen molar-refractivity contribution < 1.29 is 29.7 Å². The Bertz CT molecular complexity index is 248. The summed E-state index contributed by atoms with van der Waals surface area (Å²) in [7, 11) is 0. The number of carbonyl (C=O) groups is 3. The third kappa shape index (κ3) is 2.58. The lowest BCUT2D eigenvalue weighted by Gasteiger charge is -2.32. The average molecular weight is 217 g/mol. The molecular weight excluding hydrogens is 206 g/mol. The molecule has 1 aliphatic rings. The Morgan fingerprint density at radius 1 is 0.933 bits per heavy atom. The molecule has 1 aliphatic heterocycles. The maximum Gasteiger partial charge on any atom is 0.407 e. The van der Waals surface area contributed by atoms with Crippen LogP contribution in [-0.4, -0.2) is 51.3 Å². The van der Waals surface area contributed by atoms with Crippen LogP contribution in [0.4, 0.5) is 4.79 Å². The quantitative estimate of drug-likeness (QED) is 0.588. The summed E-state index contributed by atoms with van der Waals surface area (Å²) in [4.78, 5) is 32.8. The highest BCUT2D eigenvalue weighted by Gasteiger charge is 2.36. The maximum absolute atomic E-state index is 10.7. The van der Waals surface area contributed by atoms with Crippen molar-refractivity contribution >= 4 is 18.0 Å². The third-order valence-electron chi connectivity index (χ3n) is 2.42. The van der Waals surface area contributed by atoms with Crippen molar-refractivity contribution in [2.24, 2.45) is 11.8 Å². The van der Waals surface area contributed by atoms with Gasteiger partial charge in [0.25, 0.3) is 0 Å². The normalized spacial score (nSPS) is 26.0. The van der Waals surface area contributed by atoms with Gasteiger partial charge < -0.3 is 20.2 Å². The number of rotatable bonds is 2. The fourth-order valence-corrected chi connectivity index (χ4v) is 1.61. The smallest absolute Gasteiger partial charge is 0.407 e. The minimum atomic E-state index is -1.28. The van der Waals surface area contributed by atoms with Crippen LogP contribution in [0, 0.1) is 11.8 Å². The van der Waals surface area contributed by atoms with Crippen LogP contribution in [-0.2, 0) is 9.59 Å². The van der Waals surface area contributed by atoms with E-state index in [9.17, 15) is 14.4 Å². The van der Waals surface area contributed by atoms with Gasteiger partial charge in [0.1, 0.15) is 0 Å². The Balaban J connectivity index is 2.77. The van der Waals surface area contributed by atoms with Crippen LogP contribution >= 0.6 is 0 Å². The van der Waals surface area contributed by atoms with Crippen molar-refractivity contribution in [3.05, 3.63) is 0 Å². The van der Waals surface area contributed by atoms with Crippen LogP contribution in [0.1, 0.15) is 6.42 Å². The van der Waals surface area contributed by atoms with Crippen LogP contribution in [0.2, 0.25) is 0 Å². The first-order chi connectivity index (χ1) is 6.91. The monoisotopic (exact) mass is 217 g/mol. The molecular formula is C8H11NO6. The number of carboxylic acid groups (broad SMARTS) is 3. The second kappa shape index (κ2) is 4.16. The zero-order chi connectivity index (χ0) is 11.6. The first-order valence-electron chi connectivity index (χ1n) is 4.35. The maximum atomic E-state index is 10.7. The largest absolute Gasteiger partial charge is 0.481 e. The molecule has 0 aromatic rings. The third-order valence-corrected chi connectivity index (χ3v) is 2.42. The number of amides is 1. The van der Waals surface area contributed by atoms with E-state index in [0.717, 1.165) is 4.90 Å². The number of likely N-dealkylation sites (tertiary alicyclic amines) is 1. The van der Waals surface area contributed by atoms with Crippen LogP contribution in [0.3, 0.4) is 0 Å². The van der Waals surface area contributed by atoms with Gasteiger partial charge in [0.2, 0.25) is 0 Å². The average Bonchev–Trinajstić information content (AvgIpc) is 2.16. The fourth-order valence-electron chi connectivity index (χ4n) is 1.61. The van der Waals surface area contributed by atoms with Crippen molar-refractivity contribution in [3.8, 4) is 0 Å². The van der Waals surface area contributed by atoms with Gasteiger partial charge in [-0.1, -0.05) is 0 Å². The van der Waals surface area contributed by atoms with Gasteiger partial charge in [-0.05, 0) is 6.42 Å². The molecule has 15 heavy (non-hydrogen) atoms. The minimum Gasteiger partial charge on any atom is -0.481 e. The molecule has 7 nitrogen and oxygen atoms in total. The van der Waals surface area contributed by atoms with Gasteiger partial charge in [-0.25, -0.2) is 4.79 Å². The summed E-state index contributed by atoms with van der Waals surface area (Å²) in [5.74, 6) is -4.19. The van der Waals surface area contributed by atoms with Crippen LogP contribution in [0.5, 0.6) is 0 Å². The molecule has 7 heteroatoms. The number of aliphatic carboxylic acids is 2. The Hall–Kier alpha value is -1.79. The van der Waals surface area contributed by atoms with Gasteiger partial charge in [-0.2, -0.15) is 0 Å². The molecule has 0 saturated carbocycles. The second-order valence-corrected chi connectivity index (χ2v) is 3.49. The summed E-state index contributed by atoms with van der Waals surface area (Å²) in [6.07, 6.45) is -1.30. The highest BCUT2D eigenvalue weighted by molar-refractivity contribution is 5.76. The fraction of sp³-hybridized carbons (Fsp3) is 0.625. The summed E-state index contributed by atoms with van der Waals surface area (Å²) in [6.45, 7) is -0.289. The van der Waals surface area contributed by atoms with E-state index in [0.29, 0.717) is 0 Å². The molecule has 1 rings (SSSR count). The van der Waals surface area contributed by atoms with E-state index in [1.54, 1.807) is 0 Å². The topological polar surface area (TPSA) is 115 Å². The van der Waals surface area contributed by atoms with Crippen molar-refractivity contribution in [1.29, 1.82) is 0 Å². The molecule has 84 valence electrons. The molecule has 3 N–H and O–H groups in total. The predicted molar refractivity (Wildman–Crippen MR) is 46.5 cm³/mol. The lowest BCUT2D eigenvalue weighted by Crippen LogP contribution is -2.47. The molecule has 0 aliphatic carbocycles. The Morgan fingerprint density at radius 3 is 1.60 bits per heavy atom. The van der Waals surface area contributed by atoms with E-state index in [4.69, 9.17) is 15.3 Å². The number of hydrogen-bond donors (Lipinski definition) is 3. The second-order valence-electron chi connectivity index (χ2n) is 3.49. The van der Waals surface area contributed by atoms with Gasteiger partial charge in [0.15, 0.2) is 0 Å². The lowest BCUT2D eigenvalue weighted by atomic mass is 9.89. The minimum absolute atomic E-state index is 0.0194. The molecule has 0 aromatic carbocycles. The zero-order valence-corrected chi connectivity index (χ0v) is 7.79. The van der Waals surface area contributed by atoms with Gasteiger partial charge >= 0.3 is 18.0 Å². The molecule has 1 heterocycles. The van der Waals surface area contributed by atoms with E-state index in [1.807, 2.05) is 0 Å². The van der Waals surface area contributed by atoms with Crippen molar-refractivity contribution in [2.45, 2.75) is 6.42 Å². The molecule has 1 amide bonds. The van der Waals surface area contributed by atoms with E-state index in [-0.39, 0.29) is 19.5 Å². The summed E-state index contributed by atoms with van der Waals surface area (Å²) < 4.78 is 0. The lowest BCUT2D eigenvalue weighted by molar-refractivity contribution is -0.149. The van der Waals surface area contributed by atoms with Crippen molar-refractivity contribution in [2.75, 3.05) is 13.1 Å². The SMILES string of the molecule is O=C(O)[C@H]1C[C@H](C(=O)O)CN(C(=O)O)C1. The van der Waals surface area contributed by atoms with Crippen molar-refractivity contribution in [1.82, 2.24) is 4.90 Å². The van der Waals surface area contributed by atoms with E-state index in [1.165, 1.54) is 0 Å². The number of nitrogens with zero attached hydrogens (tertiary/aromatic N) is 1. The zero-order valence-electron chi connectivity index (χ0n) is 7.79. The number of hydrogen-bond acceptors (Lipinski definition) is 3. The van der Waals surface area contributed by atoms with Crippen LogP contribution < -0.4 is 0 Å². The van der Waals surface area contributed by atoms with Gasteiger partial charge in [0.05, 0.1) is 11.8 Å². The molecule has 1 fully saturated rings. The Labute approximate surface area is 84.9 Å². The summed E-state index contributed by atoms with van der Waals surface area (Å²) in [5, 5.41) is 26.1. The van der Waals surface area contributed by atoms with Crippen LogP contribution in [0.15, 0.2) is 0 Å². The number of piperidine rings is 1. The van der Waals surface area contributed by atoms with Gasteiger partial charge in [0, 0.05) is 13.1 Å². The molecule has 0 aromatic heterocycles. The molecule has 1 saturated heterocycles. The van der Waals surface area contributed by atoms with Gasteiger partial charge in [-0.3, -0.25) is 9.59 Å². The van der Waals surface area contributed by atoms with E-state index in [2.05, 4.69) is 0 Å². The first kappa shape index (κ1) is 11.3. The highest BCUT2D eigenvalue weighted by atomic mass is 16.4. The predicted octanol–water partition coefficient (Wildman–Crippen LogP) is -0.228. The molecule has 2 atom stereocenters. The molecule has 0 radical (unpaired) electrons. The van der Waals surface area contributed by atoms with E-state index >= 15 is 0 Å². The van der Waals surface area contributed by atoms with Crippen molar-refractivity contribution in [3.63, 3.8) is 0 Å². The van der Waals surface area contributed by atoms with Crippen LogP contribution in [0.25, 0.3) is 0 Å². The highest BCUT2D eigenvalue weighted by Crippen LogP contribution is 2.22. The molecule has 0 spiro atoms.